The zero-order valence-corrected chi connectivity index (χ0v) is 11.4. The standard InChI is InChI=1S/C16H13N3O2/c1-21-16(20)14-9-17-10-15(19-14)18-13-8-4-6-11-5-2-3-7-12(11)13/h2-10H,1H3,(H,18,19). The van der Waals surface area contributed by atoms with Crippen molar-refractivity contribution in [1.29, 1.82) is 0 Å². The van der Waals surface area contributed by atoms with Crippen molar-refractivity contribution in [1.82, 2.24) is 9.97 Å². The Labute approximate surface area is 121 Å². The van der Waals surface area contributed by atoms with Crippen LogP contribution in [-0.4, -0.2) is 23.0 Å². The quantitative estimate of drug-likeness (QED) is 0.746. The van der Waals surface area contributed by atoms with Gasteiger partial charge in [-0.05, 0) is 11.5 Å². The summed E-state index contributed by atoms with van der Waals surface area (Å²) in [7, 11) is 1.31. The molecule has 0 spiro atoms. The van der Waals surface area contributed by atoms with E-state index in [0.717, 1.165) is 16.5 Å². The summed E-state index contributed by atoms with van der Waals surface area (Å²) < 4.78 is 4.64. The third-order valence-electron chi connectivity index (χ3n) is 3.08. The number of nitrogens with zero attached hydrogens (tertiary/aromatic N) is 2. The molecule has 0 saturated heterocycles. The van der Waals surface area contributed by atoms with E-state index in [9.17, 15) is 4.79 Å². The van der Waals surface area contributed by atoms with E-state index in [1.165, 1.54) is 13.3 Å². The molecule has 0 aliphatic rings. The Morgan fingerprint density at radius 1 is 1.10 bits per heavy atom. The van der Waals surface area contributed by atoms with E-state index in [4.69, 9.17) is 0 Å². The molecule has 0 amide bonds. The van der Waals surface area contributed by atoms with Gasteiger partial charge in [-0.1, -0.05) is 36.4 Å². The summed E-state index contributed by atoms with van der Waals surface area (Å²) in [5.74, 6) is -0.0154. The smallest absolute Gasteiger partial charge is 0.358 e. The third-order valence-corrected chi connectivity index (χ3v) is 3.08. The van der Waals surface area contributed by atoms with Crippen LogP contribution in [0.3, 0.4) is 0 Å². The molecule has 5 nitrogen and oxygen atoms in total. The number of carbonyl (C=O) groups excluding carboxylic acids is 1. The van der Waals surface area contributed by atoms with Crippen LogP contribution in [0.5, 0.6) is 0 Å². The van der Waals surface area contributed by atoms with Gasteiger partial charge in [-0.15, -0.1) is 0 Å². The fraction of sp³-hybridized carbons (Fsp3) is 0.0625. The predicted molar refractivity (Wildman–Crippen MR) is 80.6 cm³/mol. The lowest BCUT2D eigenvalue weighted by atomic mass is 10.1. The first-order valence-electron chi connectivity index (χ1n) is 6.43. The van der Waals surface area contributed by atoms with Gasteiger partial charge in [0.25, 0.3) is 0 Å². The summed E-state index contributed by atoms with van der Waals surface area (Å²) in [5, 5.41) is 5.38. The molecule has 0 unspecified atom stereocenters. The van der Waals surface area contributed by atoms with Gasteiger partial charge in [0.2, 0.25) is 0 Å². The first-order chi connectivity index (χ1) is 10.3. The van der Waals surface area contributed by atoms with Crippen LogP contribution in [-0.2, 0) is 4.74 Å². The molecule has 0 atom stereocenters. The zero-order valence-electron chi connectivity index (χ0n) is 11.4. The molecule has 0 radical (unpaired) electrons. The Morgan fingerprint density at radius 2 is 1.90 bits per heavy atom. The maximum atomic E-state index is 11.5. The van der Waals surface area contributed by atoms with Crippen molar-refractivity contribution in [3.05, 3.63) is 60.6 Å². The van der Waals surface area contributed by atoms with Crippen molar-refractivity contribution in [2.75, 3.05) is 12.4 Å². The predicted octanol–water partition coefficient (Wildman–Crippen LogP) is 3.16. The van der Waals surface area contributed by atoms with Gasteiger partial charge < -0.3 is 10.1 Å². The van der Waals surface area contributed by atoms with Crippen LogP contribution in [0.4, 0.5) is 11.5 Å². The second-order valence-corrected chi connectivity index (χ2v) is 4.43. The Kier molecular flexibility index (Phi) is 3.47. The van der Waals surface area contributed by atoms with E-state index >= 15 is 0 Å². The Bertz CT molecular complexity index is 797. The Morgan fingerprint density at radius 3 is 2.76 bits per heavy atom. The molecule has 5 heteroatoms. The van der Waals surface area contributed by atoms with Crippen molar-refractivity contribution in [3.63, 3.8) is 0 Å². The van der Waals surface area contributed by atoms with Crippen LogP contribution in [0.2, 0.25) is 0 Å². The van der Waals surface area contributed by atoms with Gasteiger partial charge in [0.15, 0.2) is 5.69 Å². The number of hydrogen-bond donors (Lipinski definition) is 1. The molecule has 0 fully saturated rings. The lowest BCUT2D eigenvalue weighted by Crippen LogP contribution is -2.06. The maximum Gasteiger partial charge on any atom is 0.358 e. The van der Waals surface area contributed by atoms with Gasteiger partial charge in [0.05, 0.1) is 19.5 Å². The molecule has 2 aromatic carbocycles. The number of aromatic nitrogens is 2. The molecule has 3 rings (SSSR count). The topological polar surface area (TPSA) is 64.1 Å². The summed E-state index contributed by atoms with van der Waals surface area (Å²) in [6, 6.07) is 14.0. The molecular formula is C16H13N3O2. The fourth-order valence-corrected chi connectivity index (χ4v) is 2.10. The van der Waals surface area contributed by atoms with Crippen LogP contribution in [0.1, 0.15) is 10.5 Å². The van der Waals surface area contributed by atoms with Crippen LogP contribution in [0, 0.1) is 0 Å². The number of methoxy groups -OCH3 is 1. The number of anilines is 2. The highest BCUT2D eigenvalue weighted by Crippen LogP contribution is 2.25. The van der Waals surface area contributed by atoms with Crippen LogP contribution < -0.4 is 5.32 Å². The number of hydrogen-bond acceptors (Lipinski definition) is 5. The number of ether oxygens (including phenoxy) is 1. The van der Waals surface area contributed by atoms with Gasteiger partial charge in [-0.3, -0.25) is 4.98 Å². The molecule has 1 heterocycles. The van der Waals surface area contributed by atoms with Crippen molar-refractivity contribution < 1.29 is 9.53 Å². The highest BCUT2D eigenvalue weighted by Gasteiger charge is 2.09. The summed E-state index contributed by atoms with van der Waals surface area (Å²) in [6.45, 7) is 0. The second-order valence-electron chi connectivity index (χ2n) is 4.43. The third kappa shape index (κ3) is 2.67. The molecule has 104 valence electrons. The molecule has 3 aromatic rings. The highest BCUT2D eigenvalue weighted by atomic mass is 16.5. The first kappa shape index (κ1) is 13.1. The van der Waals surface area contributed by atoms with Crippen molar-refractivity contribution in [2.24, 2.45) is 0 Å². The molecule has 1 N–H and O–H groups in total. The van der Waals surface area contributed by atoms with Crippen molar-refractivity contribution in [2.45, 2.75) is 0 Å². The van der Waals surface area contributed by atoms with E-state index in [1.54, 1.807) is 6.20 Å². The van der Waals surface area contributed by atoms with Gasteiger partial charge in [-0.25, -0.2) is 9.78 Å². The molecule has 0 bridgehead atoms. The van der Waals surface area contributed by atoms with E-state index in [2.05, 4.69) is 20.0 Å². The largest absolute Gasteiger partial charge is 0.464 e. The summed E-state index contributed by atoms with van der Waals surface area (Å²) in [6.07, 6.45) is 2.94. The summed E-state index contributed by atoms with van der Waals surface area (Å²) in [4.78, 5) is 19.7. The normalized spacial score (nSPS) is 10.3. The van der Waals surface area contributed by atoms with E-state index < -0.39 is 5.97 Å². The van der Waals surface area contributed by atoms with E-state index in [-0.39, 0.29) is 5.69 Å². The number of rotatable bonds is 3. The summed E-state index contributed by atoms with van der Waals surface area (Å²) >= 11 is 0. The van der Waals surface area contributed by atoms with Crippen LogP contribution >= 0.6 is 0 Å². The highest BCUT2D eigenvalue weighted by molar-refractivity contribution is 5.95. The molecule has 0 aliphatic carbocycles. The number of nitrogens with one attached hydrogen (secondary N) is 1. The number of esters is 1. The molecule has 1 aromatic heterocycles. The number of fused-ring (bicyclic) bond motifs is 1. The minimum atomic E-state index is -0.510. The Balaban J connectivity index is 1.97. The average molecular weight is 279 g/mol. The average Bonchev–Trinajstić information content (AvgIpc) is 2.55. The molecular weight excluding hydrogens is 266 g/mol. The van der Waals surface area contributed by atoms with Gasteiger partial charge in [-0.2, -0.15) is 0 Å². The summed E-state index contributed by atoms with van der Waals surface area (Å²) in [5.41, 5.74) is 1.08. The molecule has 0 aliphatic heterocycles. The fourth-order valence-electron chi connectivity index (χ4n) is 2.10. The SMILES string of the molecule is COC(=O)c1cncc(Nc2cccc3ccccc23)n1. The number of carbonyl (C=O) groups is 1. The van der Waals surface area contributed by atoms with Crippen molar-refractivity contribution >= 4 is 28.2 Å². The maximum absolute atomic E-state index is 11.5. The molecule has 21 heavy (non-hydrogen) atoms. The van der Waals surface area contributed by atoms with Gasteiger partial charge >= 0.3 is 5.97 Å². The second kappa shape index (κ2) is 5.58. The first-order valence-corrected chi connectivity index (χ1v) is 6.43. The van der Waals surface area contributed by atoms with Gasteiger partial charge in [0.1, 0.15) is 5.82 Å². The van der Waals surface area contributed by atoms with Crippen LogP contribution in [0.15, 0.2) is 54.9 Å². The monoisotopic (exact) mass is 279 g/mol. The molecule has 0 saturated carbocycles. The zero-order chi connectivity index (χ0) is 14.7. The number of benzene rings is 2. The Hall–Kier alpha value is -2.95. The lowest BCUT2D eigenvalue weighted by molar-refractivity contribution is 0.0593. The van der Waals surface area contributed by atoms with Crippen molar-refractivity contribution in [3.8, 4) is 0 Å². The minimum absolute atomic E-state index is 0.169. The lowest BCUT2D eigenvalue weighted by Gasteiger charge is -2.09. The van der Waals surface area contributed by atoms with E-state index in [1.807, 2.05) is 42.5 Å². The minimum Gasteiger partial charge on any atom is -0.464 e. The van der Waals surface area contributed by atoms with Crippen LogP contribution in [0.25, 0.3) is 10.8 Å². The van der Waals surface area contributed by atoms with Gasteiger partial charge in [0, 0.05) is 11.1 Å². The van der Waals surface area contributed by atoms with E-state index in [0.29, 0.717) is 5.82 Å².